The summed E-state index contributed by atoms with van der Waals surface area (Å²) in [6.45, 7) is 1.62. The SMILES string of the molecule is CC(Sc1ccc2oc(=O)n(C)c2c1)C(=O)O. The molecule has 90 valence electrons. The number of carboxylic acid groups (broad SMARTS) is 1. The first-order valence-electron chi connectivity index (χ1n) is 4.98. The van der Waals surface area contributed by atoms with Gasteiger partial charge in [-0.2, -0.15) is 0 Å². The number of oxazole rings is 1. The Morgan fingerprint density at radius 3 is 2.88 bits per heavy atom. The first kappa shape index (κ1) is 11.8. The van der Waals surface area contributed by atoms with Gasteiger partial charge >= 0.3 is 11.7 Å². The molecule has 1 atom stereocenters. The van der Waals surface area contributed by atoms with E-state index in [1.54, 1.807) is 32.2 Å². The molecule has 0 spiro atoms. The number of carbonyl (C=O) groups is 1. The number of hydrogen-bond acceptors (Lipinski definition) is 4. The largest absolute Gasteiger partial charge is 0.480 e. The molecule has 1 N–H and O–H groups in total. The van der Waals surface area contributed by atoms with Gasteiger partial charge in [0.05, 0.1) is 5.52 Å². The zero-order valence-corrected chi connectivity index (χ0v) is 10.2. The predicted octanol–water partition coefficient (Wildman–Crippen LogP) is 1.70. The Hall–Kier alpha value is -1.69. The Bertz CT molecular complexity index is 628. The van der Waals surface area contributed by atoms with Crippen LogP contribution in [-0.4, -0.2) is 20.9 Å². The van der Waals surface area contributed by atoms with E-state index in [1.807, 2.05) is 0 Å². The van der Waals surface area contributed by atoms with Gasteiger partial charge in [-0.15, -0.1) is 11.8 Å². The van der Waals surface area contributed by atoms with Crippen molar-refractivity contribution in [3.05, 3.63) is 28.7 Å². The number of benzene rings is 1. The molecule has 0 saturated heterocycles. The van der Waals surface area contributed by atoms with E-state index < -0.39 is 17.0 Å². The van der Waals surface area contributed by atoms with E-state index in [-0.39, 0.29) is 0 Å². The van der Waals surface area contributed by atoms with Crippen molar-refractivity contribution < 1.29 is 14.3 Å². The van der Waals surface area contributed by atoms with Gasteiger partial charge < -0.3 is 9.52 Å². The molecular formula is C11H11NO4S. The Morgan fingerprint density at radius 1 is 1.53 bits per heavy atom. The predicted molar refractivity (Wildman–Crippen MR) is 64.4 cm³/mol. The lowest BCUT2D eigenvalue weighted by Gasteiger charge is -2.05. The van der Waals surface area contributed by atoms with Crippen molar-refractivity contribution in [1.29, 1.82) is 0 Å². The van der Waals surface area contributed by atoms with Crippen LogP contribution in [0.5, 0.6) is 0 Å². The zero-order valence-electron chi connectivity index (χ0n) is 9.34. The van der Waals surface area contributed by atoms with Crippen molar-refractivity contribution in [2.45, 2.75) is 17.1 Å². The maximum absolute atomic E-state index is 11.3. The fraction of sp³-hybridized carbons (Fsp3) is 0.273. The minimum Gasteiger partial charge on any atom is -0.480 e. The molecule has 17 heavy (non-hydrogen) atoms. The van der Waals surface area contributed by atoms with Gasteiger partial charge in [0, 0.05) is 11.9 Å². The molecule has 2 rings (SSSR count). The van der Waals surface area contributed by atoms with Crippen LogP contribution in [0.4, 0.5) is 0 Å². The number of aliphatic carboxylic acids is 1. The molecule has 1 heterocycles. The number of aryl methyl sites for hydroxylation is 1. The second-order valence-corrected chi connectivity index (χ2v) is 5.07. The molecule has 1 aromatic carbocycles. The Labute approximate surface area is 101 Å². The third kappa shape index (κ3) is 2.21. The first-order valence-corrected chi connectivity index (χ1v) is 5.86. The summed E-state index contributed by atoms with van der Waals surface area (Å²) in [4.78, 5) is 22.8. The number of aromatic nitrogens is 1. The normalized spacial score (nSPS) is 12.8. The third-order valence-electron chi connectivity index (χ3n) is 2.42. The van der Waals surface area contributed by atoms with Gasteiger partial charge in [-0.3, -0.25) is 9.36 Å². The van der Waals surface area contributed by atoms with Crippen molar-refractivity contribution in [3.8, 4) is 0 Å². The van der Waals surface area contributed by atoms with Crippen molar-refractivity contribution in [1.82, 2.24) is 4.57 Å². The molecule has 0 saturated carbocycles. The second kappa shape index (κ2) is 4.29. The molecule has 6 heteroatoms. The molecule has 0 fully saturated rings. The van der Waals surface area contributed by atoms with Crippen LogP contribution in [0, 0.1) is 0 Å². The molecule has 0 aliphatic carbocycles. The monoisotopic (exact) mass is 253 g/mol. The average Bonchev–Trinajstić information content (AvgIpc) is 2.55. The third-order valence-corrected chi connectivity index (χ3v) is 3.50. The summed E-state index contributed by atoms with van der Waals surface area (Å²) in [5.74, 6) is -1.29. The van der Waals surface area contributed by atoms with E-state index in [1.165, 1.54) is 16.3 Å². The topological polar surface area (TPSA) is 72.4 Å². The van der Waals surface area contributed by atoms with Gasteiger partial charge in [-0.1, -0.05) is 0 Å². The van der Waals surface area contributed by atoms with E-state index in [4.69, 9.17) is 9.52 Å². The highest BCUT2D eigenvalue weighted by Crippen LogP contribution is 2.26. The van der Waals surface area contributed by atoms with Crippen LogP contribution in [0.2, 0.25) is 0 Å². The van der Waals surface area contributed by atoms with Crippen LogP contribution in [0.25, 0.3) is 11.1 Å². The summed E-state index contributed by atoms with van der Waals surface area (Å²) in [5.41, 5.74) is 1.17. The molecule has 0 aliphatic rings. The zero-order chi connectivity index (χ0) is 12.6. The standard InChI is InChI=1S/C11H11NO4S/c1-6(10(13)14)17-7-3-4-9-8(5-7)12(2)11(15)16-9/h3-6H,1-2H3,(H,13,14). The number of hydrogen-bond donors (Lipinski definition) is 1. The molecule has 0 amide bonds. The molecule has 1 unspecified atom stereocenters. The molecule has 0 bridgehead atoms. The molecule has 0 aliphatic heterocycles. The molecule has 0 radical (unpaired) electrons. The smallest absolute Gasteiger partial charge is 0.419 e. The van der Waals surface area contributed by atoms with Crippen molar-refractivity contribution in [3.63, 3.8) is 0 Å². The summed E-state index contributed by atoms with van der Waals surface area (Å²) in [5, 5.41) is 8.29. The van der Waals surface area contributed by atoms with E-state index in [2.05, 4.69) is 0 Å². The highest BCUT2D eigenvalue weighted by molar-refractivity contribution is 8.00. The van der Waals surface area contributed by atoms with Crippen molar-refractivity contribution in [2.24, 2.45) is 7.05 Å². The summed E-state index contributed by atoms with van der Waals surface area (Å²) >= 11 is 1.23. The minimum atomic E-state index is -0.865. The maximum atomic E-state index is 11.3. The first-order chi connectivity index (χ1) is 7.99. The molecule has 2 aromatic rings. The number of rotatable bonds is 3. The lowest BCUT2D eigenvalue weighted by atomic mass is 10.3. The summed E-state index contributed by atoms with van der Waals surface area (Å²) in [7, 11) is 1.61. The average molecular weight is 253 g/mol. The molecule has 5 nitrogen and oxygen atoms in total. The Morgan fingerprint density at radius 2 is 2.24 bits per heavy atom. The van der Waals surface area contributed by atoms with Crippen LogP contribution in [0.1, 0.15) is 6.92 Å². The summed E-state index contributed by atoms with van der Waals surface area (Å²) in [6, 6.07) is 5.17. The molecule has 1 aromatic heterocycles. The van der Waals surface area contributed by atoms with E-state index in [0.717, 1.165) is 4.90 Å². The van der Waals surface area contributed by atoms with Gasteiger partial charge in [0.1, 0.15) is 5.25 Å². The fourth-order valence-electron chi connectivity index (χ4n) is 1.43. The van der Waals surface area contributed by atoms with Crippen LogP contribution >= 0.6 is 11.8 Å². The van der Waals surface area contributed by atoms with Crippen LogP contribution in [0.15, 0.2) is 32.3 Å². The van der Waals surface area contributed by atoms with E-state index in [9.17, 15) is 9.59 Å². The van der Waals surface area contributed by atoms with Gasteiger partial charge in [0.25, 0.3) is 0 Å². The highest BCUT2D eigenvalue weighted by atomic mass is 32.2. The number of fused-ring (bicyclic) bond motifs is 1. The van der Waals surface area contributed by atoms with Crippen molar-refractivity contribution >= 4 is 28.8 Å². The number of thioether (sulfide) groups is 1. The lowest BCUT2D eigenvalue weighted by Crippen LogP contribution is -2.11. The Balaban J connectivity index is 2.40. The van der Waals surface area contributed by atoms with Crippen molar-refractivity contribution in [2.75, 3.05) is 0 Å². The van der Waals surface area contributed by atoms with Gasteiger partial charge in [0.15, 0.2) is 5.58 Å². The van der Waals surface area contributed by atoms with Crippen LogP contribution in [0.3, 0.4) is 0 Å². The number of nitrogens with zero attached hydrogens (tertiary/aromatic N) is 1. The Kier molecular flexibility index (Phi) is 2.97. The lowest BCUT2D eigenvalue weighted by molar-refractivity contribution is -0.136. The summed E-state index contributed by atoms with van der Waals surface area (Å²) < 4.78 is 6.38. The second-order valence-electron chi connectivity index (χ2n) is 3.65. The minimum absolute atomic E-state index is 0.423. The highest BCUT2D eigenvalue weighted by Gasteiger charge is 2.14. The number of carboxylic acids is 1. The maximum Gasteiger partial charge on any atom is 0.419 e. The van der Waals surface area contributed by atoms with Crippen LogP contribution in [-0.2, 0) is 11.8 Å². The van der Waals surface area contributed by atoms with Gasteiger partial charge in [-0.05, 0) is 25.1 Å². The quantitative estimate of drug-likeness (QED) is 0.843. The van der Waals surface area contributed by atoms with Gasteiger partial charge in [0.2, 0.25) is 0 Å². The fourth-order valence-corrected chi connectivity index (χ4v) is 2.27. The van der Waals surface area contributed by atoms with E-state index in [0.29, 0.717) is 11.1 Å². The summed E-state index contributed by atoms with van der Waals surface area (Å²) in [6.07, 6.45) is 0. The van der Waals surface area contributed by atoms with Gasteiger partial charge in [-0.25, -0.2) is 4.79 Å². The van der Waals surface area contributed by atoms with E-state index >= 15 is 0 Å². The molecular weight excluding hydrogens is 242 g/mol. The van der Waals surface area contributed by atoms with Crippen LogP contribution < -0.4 is 5.76 Å².